The summed E-state index contributed by atoms with van der Waals surface area (Å²) < 4.78 is 0. The molecule has 0 aliphatic carbocycles. The maximum atomic E-state index is 12.3. The summed E-state index contributed by atoms with van der Waals surface area (Å²) in [6.07, 6.45) is 0. The highest BCUT2D eigenvalue weighted by molar-refractivity contribution is 8.00. The first kappa shape index (κ1) is 16.6. The van der Waals surface area contributed by atoms with Gasteiger partial charge in [-0.05, 0) is 38.5 Å². The van der Waals surface area contributed by atoms with Gasteiger partial charge in [-0.2, -0.15) is 0 Å². The van der Waals surface area contributed by atoms with Crippen LogP contribution in [0, 0.1) is 13.8 Å². The molecule has 2 rings (SSSR count). The Kier molecular flexibility index (Phi) is 5.26. The van der Waals surface area contributed by atoms with Crippen molar-refractivity contribution >= 4 is 35.0 Å². The molecule has 0 bridgehead atoms. The van der Waals surface area contributed by atoms with Crippen LogP contribution < -0.4 is 10.9 Å². The van der Waals surface area contributed by atoms with Crippen LogP contribution in [0.25, 0.3) is 0 Å². The Morgan fingerprint density at radius 1 is 1.36 bits per heavy atom. The van der Waals surface area contributed by atoms with E-state index in [1.165, 1.54) is 17.8 Å². The lowest BCUT2D eigenvalue weighted by molar-refractivity contribution is -0.115. The van der Waals surface area contributed by atoms with Gasteiger partial charge in [0.05, 0.1) is 5.25 Å². The zero-order chi connectivity index (χ0) is 16.3. The molecule has 1 amide bonds. The molecule has 1 heterocycles. The monoisotopic (exact) mass is 337 g/mol. The molecule has 5 nitrogen and oxygen atoms in total. The van der Waals surface area contributed by atoms with Gasteiger partial charge in [-0.15, -0.1) is 0 Å². The molecule has 1 aromatic heterocycles. The number of halogens is 1. The van der Waals surface area contributed by atoms with Crippen molar-refractivity contribution in [3.63, 3.8) is 0 Å². The molecule has 0 radical (unpaired) electrons. The highest BCUT2D eigenvalue weighted by Crippen LogP contribution is 2.23. The summed E-state index contributed by atoms with van der Waals surface area (Å²) in [5, 5.41) is 3.41. The predicted octanol–water partition coefficient (Wildman–Crippen LogP) is 3.16. The number of carbonyl (C=O) groups is 1. The largest absolute Gasteiger partial charge is 0.325 e. The molecule has 0 saturated heterocycles. The lowest BCUT2D eigenvalue weighted by Crippen LogP contribution is -2.23. The van der Waals surface area contributed by atoms with Crippen LogP contribution in [-0.2, 0) is 4.79 Å². The maximum absolute atomic E-state index is 12.3. The summed E-state index contributed by atoms with van der Waals surface area (Å²) in [5.41, 5.74) is 1.99. The van der Waals surface area contributed by atoms with Crippen LogP contribution >= 0.6 is 23.4 Å². The Hall–Kier alpha value is -1.79. The molecular weight excluding hydrogens is 322 g/mol. The molecule has 7 heteroatoms. The number of amides is 1. The van der Waals surface area contributed by atoms with Crippen LogP contribution in [0.1, 0.15) is 18.2 Å². The Labute approximate surface area is 137 Å². The summed E-state index contributed by atoms with van der Waals surface area (Å²) >= 11 is 7.14. The summed E-state index contributed by atoms with van der Waals surface area (Å²) in [6, 6.07) is 6.73. The van der Waals surface area contributed by atoms with E-state index in [-0.39, 0.29) is 11.5 Å². The molecule has 2 aromatic rings. The maximum Gasteiger partial charge on any atom is 0.251 e. The smallest absolute Gasteiger partial charge is 0.251 e. The van der Waals surface area contributed by atoms with Gasteiger partial charge in [0.15, 0.2) is 5.16 Å². The topological polar surface area (TPSA) is 74.8 Å². The van der Waals surface area contributed by atoms with Gasteiger partial charge >= 0.3 is 0 Å². The number of rotatable bonds is 4. The third kappa shape index (κ3) is 4.35. The van der Waals surface area contributed by atoms with Gasteiger partial charge in [0, 0.05) is 22.5 Å². The standard InChI is InChI=1S/C15H16ClN3O2S/c1-8-4-5-11(16)7-12(8)18-14(21)10(3)22-15-17-9(2)6-13(20)19-15/h4-7,10H,1-3H3,(H,18,21)(H,17,19,20)/t10-/m0/s1. The van der Waals surface area contributed by atoms with Crippen molar-refractivity contribution in [1.29, 1.82) is 0 Å². The molecule has 0 unspecified atom stereocenters. The van der Waals surface area contributed by atoms with Gasteiger partial charge in [-0.3, -0.25) is 9.59 Å². The lowest BCUT2D eigenvalue weighted by Gasteiger charge is -2.13. The summed E-state index contributed by atoms with van der Waals surface area (Å²) in [4.78, 5) is 30.5. The van der Waals surface area contributed by atoms with E-state index in [2.05, 4.69) is 15.3 Å². The van der Waals surface area contributed by atoms with Gasteiger partial charge in [0.1, 0.15) is 0 Å². The fourth-order valence-corrected chi connectivity index (χ4v) is 2.82. The second-order valence-electron chi connectivity index (χ2n) is 4.90. The average molecular weight is 338 g/mol. The number of nitrogens with zero attached hydrogens (tertiary/aromatic N) is 1. The SMILES string of the molecule is Cc1cc(=O)[nH]c(S[C@@H](C)C(=O)Nc2cc(Cl)ccc2C)n1. The first-order chi connectivity index (χ1) is 10.3. The molecule has 22 heavy (non-hydrogen) atoms. The summed E-state index contributed by atoms with van der Waals surface area (Å²) in [5.74, 6) is -0.181. The van der Waals surface area contributed by atoms with E-state index in [4.69, 9.17) is 11.6 Å². The van der Waals surface area contributed by atoms with Gasteiger partial charge in [0.25, 0.3) is 5.56 Å². The highest BCUT2D eigenvalue weighted by atomic mass is 35.5. The Morgan fingerprint density at radius 2 is 2.09 bits per heavy atom. The minimum atomic E-state index is -0.414. The van der Waals surface area contributed by atoms with E-state index in [9.17, 15) is 9.59 Å². The van der Waals surface area contributed by atoms with Gasteiger partial charge < -0.3 is 10.3 Å². The van der Waals surface area contributed by atoms with Crippen molar-refractivity contribution < 1.29 is 4.79 Å². The number of hydrogen-bond donors (Lipinski definition) is 2. The van der Waals surface area contributed by atoms with Crippen LogP contribution in [0.4, 0.5) is 5.69 Å². The normalized spacial score (nSPS) is 12.0. The number of nitrogens with one attached hydrogen (secondary N) is 2. The molecule has 0 spiro atoms. The van der Waals surface area contributed by atoms with E-state index in [0.29, 0.717) is 21.6 Å². The fraction of sp³-hybridized carbons (Fsp3) is 0.267. The van der Waals surface area contributed by atoms with Crippen LogP contribution in [0.2, 0.25) is 5.02 Å². The molecular formula is C15H16ClN3O2S. The van der Waals surface area contributed by atoms with Crippen molar-refractivity contribution in [2.75, 3.05) is 5.32 Å². The van der Waals surface area contributed by atoms with Gasteiger partial charge in [-0.25, -0.2) is 4.98 Å². The summed E-state index contributed by atoms with van der Waals surface area (Å²) in [7, 11) is 0. The molecule has 1 atom stereocenters. The van der Waals surface area contributed by atoms with E-state index in [1.807, 2.05) is 13.0 Å². The number of H-pyrrole nitrogens is 1. The number of carbonyl (C=O) groups excluding carboxylic acids is 1. The first-order valence-electron chi connectivity index (χ1n) is 6.67. The predicted molar refractivity (Wildman–Crippen MR) is 89.7 cm³/mol. The van der Waals surface area contributed by atoms with Crippen molar-refractivity contribution in [3.8, 4) is 0 Å². The average Bonchev–Trinajstić information content (AvgIpc) is 2.41. The molecule has 116 valence electrons. The number of aryl methyl sites for hydroxylation is 2. The number of aromatic nitrogens is 2. The number of hydrogen-bond acceptors (Lipinski definition) is 4. The molecule has 2 N–H and O–H groups in total. The van der Waals surface area contributed by atoms with Crippen LogP contribution in [0.3, 0.4) is 0 Å². The third-order valence-corrected chi connectivity index (χ3v) is 4.18. The number of benzene rings is 1. The van der Waals surface area contributed by atoms with E-state index < -0.39 is 5.25 Å². The highest BCUT2D eigenvalue weighted by Gasteiger charge is 2.17. The van der Waals surface area contributed by atoms with Crippen molar-refractivity contribution in [2.45, 2.75) is 31.2 Å². The van der Waals surface area contributed by atoms with Crippen molar-refractivity contribution in [1.82, 2.24) is 9.97 Å². The van der Waals surface area contributed by atoms with E-state index in [0.717, 1.165) is 5.56 Å². The first-order valence-corrected chi connectivity index (χ1v) is 7.92. The zero-order valence-electron chi connectivity index (χ0n) is 12.4. The Morgan fingerprint density at radius 3 is 2.77 bits per heavy atom. The Bertz CT molecular complexity index is 761. The van der Waals surface area contributed by atoms with Crippen LogP contribution in [0.15, 0.2) is 34.2 Å². The molecule has 0 fully saturated rings. The number of aromatic amines is 1. The van der Waals surface area contributed by atoms with Crippen molar-refractivity contribution in [3.05, 3.63) is 50.9 Å². The Balaban J connectivity index is 2.09. The van der Waals surface area contributed by atoms with Gasteiger partial charge in [0.2, 0.25) is 5.91 Å². The van der Waals surface area contributed by atoms with Crippen LogP contribution in [-0.4, -0.2) is 21.1 Å². The lowest BCUT2D eigenvalue weighted by atomic mass is 10.2. The van der Waals surface area contributed by atoms with Crippen molar-refractivity contribution in [2.24, 2.45) is 0 Å². The van der Waals surface area contributed by atoms with Crippen LogP contribution in [0.5, 0.6) is 0 Å². The second kappa shape index (κ2) is 6.98. The zero-order valence-corrected chi connectivity index (χ0v) is 14.0. The summed E-state index contributed by atoms with van der Waals surface area (Å²) in [6.45, 7) is 5.38. The molecule has 0 aliphatic heterocycles. The second-order valence-corrected chi connectivity index (χ2v) is 6.67. The minimum Gasteiger partial charge on any atom is -0.325 e. The molecule has 0 saturated carbocycles. The molecule has 1 aromatic carbocycles. The van der Waals surface area contributed by atoms with E-state index in [1.54, 1.807) is 26.0 Å². The number of anilines is 1. The fourth-order valence-electron chi connectivity index (χ4n) is 1.79. The van der Waals surface area contributed by atoms with Gasteiger partial charge in [-0.1, -0.05) is 29.4 Å². The van der Waals surface area contributed by atoms with E-state index >= 15 is 0 Å². The molecule has 0 aliphatic rings. The minimum absolute atomic E-state index is 0.181. The number of thioether (sulfide) groups is 1. The third-order valence-electron chi connectivity index (χ3n) is 2.96. The quantitative estimate of drug-likeness (QED) is 0.664.